The first-order valence-corrected chi connectivity index (χ1v) is 7.98. The summed E-state index contributed by atoms with van der Waals surface area (Å²) >= 11 is 0. The van der Waals surface area contributed by atoms with E-state index >= 15 is 0 Å². The van der Waals surface area contributed by atoms with Gasteiger partial charge in [0.25, 0.3) is 0 Å². The highest BCUT2D eigenvalue weighted by atomic mass is 19.1. The van der Waals surface area contributed by atoms with E-state index in [9.17, 15) is 9.18 Å². The summed E-state index contributed by atoms with van der Waals surface area (Å²) in [6.45, 7) is 2.06. The van der Waals surface area contributed by atoms with Crippen LogP contribution >= 0.6 is 0 Å². The number of halogens is 1. The third-order valence-corrected chi connectivity index (χ3v) is 4.10. The van der Waals surface area contributed by atoms with Gasteiger partial charge >= 0.3 is 5.63 Å². The SMILES string of the molecule is Cc1c(COc2ccc3ccc(=O)oc3c2)noc1-c1ccc(F)cc1. The fourth-order valence-corrected chi connectivity index (χ4v) is 2.66. The Hall–Kier alpha value is -3.41. The van der Waals surface area contributed by atoms with Crippen LogP contribution in [0.4, 0.5) is 4.39 Å². The van der Waals surface area contributed by atoms with E-state index in [1.807, 2.05) is 13.0 Å². The molecule has 2 aromatic carbocycles. The van der Waals surface area contributed by atoms with Crippen molar-refractivity contribution >= 4 is 11.0 Å². The number of hydrogen-bond donors (Lipinski definition) is 0. The van der Waals surface area contributed by atoms with Gasteiger partial charge in [0.2, 0.25) is 0 Å². The van der Waals surface area contributed by atoms with Crippen molar-refractivity contribution in [3.8, 4) is 17.1 Å². The topological polar surface area (TPSA) is 65.5 Å². The van der Waals surface area contributed by atoms with Crippen molar-refractivity contribution < 1.29 is 18.1 Å². The van der Waals surface area contributed by atoms with E-state index in [0.29, 0.717) is 22.8 Å². The smallest absolute Gasteiger partial charge is 0.336 e. The van der Waals surface area contributed by atoms with Crippen LogP contribution in [0.5, 0.6) is 5.75 Å². The van der Waals surface area contributed by atoms with Gasteiger partial charge < -0.3 is 13.7 Å². The van der Waals surface area contributed by atoms with E-state index in [1.165, 1.54) is 18.2 Å². The van der Waals surface area contributed by atoms with Crippen molar-refractivity contribution in [2.75, 3.05) is 0 Å². The highest BCUT2D eigenvalue weighted by Crippen LogP contribution is 2.27. The summed E-state index contributed by atoms with van der Waals surface area (Å²) in [5.74, 6) is 0.822. The third kappa shape index (κ3) is 3.09. The average molecular weight is 351 g/mol. The second-order valence-corrected chi connectivity index (χ2v) is 5.83. The number of hydrogen-bond acceptors (Lipinski definition) is 5. The molecule has 26 heavy (non-hydrogen) atoms. The highest BCUT2D eigenvalue weighted by molar-refractivity contribution is 5.77. The summed E-state index contributed by atoms with van der Waals surface area (Å²) in [7, 11) is 0. The molecule has 0 unspecified atom stereocenters. The number of fused-ring (bicyclic) bond motifs is 1. The molecule has 0 fully saturated rings. The van der Waals surface area contributed by atoms with Gasteiger partial charge in [0.1, 0.15) is 29.5 Å². The zero-order chi connectivity index (χ0) is 18.1. The molecule has 0 amide bonds. The summed E-state index contributed by atoms with van der Waals surface area (Å²) in [4.78, 5) is 11.3. The maximum absolute atomic E-state index is 13.1. The van der Waals surface area contributed by atoms with E-state index in [-0.39, 0.29) is 12.4 Å². The van der Waals surface area contributed by atoms with Gasteiger partial charge in [-0.05, 0) is 49.4 Å². The van der Waals surface area contributed by atoms with Gasteiger partial charge in [-0.25, -0.2) is 9.18 Å². The second kappa shape index (κ2) is 6.48. The summed E-state index contributed by atoms with van der Waals surface area (Å²) in [6.07, 6.45) is 0. The molecule has 4 rings (SSSR count). The van der Waals surface area contributed by atoms with Crippen molar-refractivity contribution in [1.82, 2.24) is 5.16 Å². The highest BCUT2D eigenvalue weighted by Gasteiger charge is 2.14. The first-order valence-electron chi connectivity index (χ1n) is 7.98. The summed E-state index contributed by atoms with van der Waals surface area (Å²) in [6, 6.07) is 14.4. The number of rotatable bonds is 4. The van der Waals surface area contributed by atoms with Crippen molar-refractivity contribution in [3.05, 3.63) is 82.1 Å². The van der Waals surface area contributed by atoms with Crippen molar-refractivity contribution in [3.63, 3.8) is 0 Å². The largest absolute Gasteiger partial charge is 0.487 e. The van der Waals surface area contributed by atoms with Crippen LogP contribution in [0.2, 0.25) is 0 Å². The molecule has 2 aromatic heterocycles. The van der Waals surface area contributed by atoms with Gasteiger partial charge in [0.05, 0.1) is 0 Å². The molecule has 6 heteroatoms. The molecule has 0 spiro atoms. The summed E-state index contributed by atoms with van der Waals surface area (Å²) in [5, 5.41) is 4.85. The minimum Gasteiger partial charge on any atom is -0.487 e. The Morgan fingerprint density at radius 2 is 1.85 bits per heavy atom. The van der Waals surface area contributed by atoms with Gasteiger partial charge in [-0.2, -0.15) is 0 Å². The fraction of sp³-hybridized carbons (Fsp3) is 0.100. The fourth-order valence-electron chi connectivity index (χ4n) is 2.66. The number of ether oxygens (including phenoxy) is 1. The first kappa shape index (κ1) is 16.1. The van der Waals surface area contributed by atoms with E-state index in [0.717, 1.165) is 16.5 Å². The Morgan fingerprint density at radius 1 is 1.08 bits per heavy atom. The number of benzene rings is 2. The normalized spacial score (nSPS) is 11.0. The maximum Gasteiger partial charge on any atom is 0.336 e. The monoisotopic (exact) mass is 351 g/mol. The molecule has 0 bridgehead atoms. The molecule has 4 aromatic rings. The summed E-state index contributed by atoms with van der Waals surface area (Å²) < 4.78 is 29.3. The molecule has 0 atom stereocenters. The predicted molar refractivity (Wildman–Crippen MR) is 93.5 cm³/mol. The molecule has 0 aliphatic rings. The first-order chi connectivity index (χ1) is 12.6. The quantitative estimate of drug-likeness (QED) is 0.507. The Balaban J connectivity index is 1.55. The van der Waals surface area contributed by atoms with Crippen LogP contribution in [0, 0.1) is 12.7 Å². The van der Waals surface area contributed by atoms with Gasteiger partial charge in [0, 0.05) is 28.6 Å². The van der Waals surface area contributed by atoms with Crippen LogP contribution in [0.1, 0.15) is 11.3 Å². The van der Waals surface area contributed by atoms with E-state index < -0.39 is 5.63 Å². The standard InChI is InChI=1S/C20H14FNO4/c1-12-17(22-26-20(12)14-2-6-15(21)7-3-14)11-24-16-8-4-13-5-9-19(23)25-18(13)10-16/h2-10H,11H2,1H3. The Bertz CT molecular complexity index is 1130. The summed E-state index contributed by atoms with van der Waals surface area (Å²) in [5.41, 5.74) is 2.25. The zero-order valence-corrected chi connectivity index (χ0v) is 13.9. The minimum absolute atomic E-state index is 0.194. The van der Waals surface area contributed by atoms with Crippen LogP contribution in [-0.2, 0) is 6.61 Å². The molecule has 0 radical (unpaired) electrons. The second-order valence-electron chi connectivity index (χ2n) is 5.83. The molecule has 2 heterocycles. The number of nitrogens with zero attached hydrogens (tertiary/aromatic N) is 1. The van der Waals surface area contributed by atoms with Gasteiger partial charge in [0.15, 0.2) is 5.76 Å². The molecular formula is C20H14FNO4. The lowest BCUT2D eigenvalue weighted by atomic mass is 10.1. The lowest BCUT2D eigenvalue weighted by molar-refractivity contribution is 0.289. The lowest BCUT2D eigenvalue weighted by Crippen LogP contribution is -1.98. The maximum atomic E-state index is 13.1. The zero-order valence-electron chi connectivity index (χ0n) is 13.9. The molecule has 130 valence electrons. The number of aromatic nitrogens is 1. The molecule has 0 aliphatic heterocycles. The van der Waals surface area contributed by atoms with Crippen molar-refractivity contribution in [2.45, 2.75) is 13.5 Å². The van der Waals surface area contributed by atoms with Crippen molar-refractivity contribution in [1.29, 1.82) is 0 Å². The minimum atomic E-state index is -0.411. The lowest BCUT2D eigenvalue weighted by Gasteiger charge is -2.05. The molecule has 0 saturated heterocycles. The van der Waals surface area contributed by atoms with E-state index in [4.69, 9.17) is 13.7 Å². The molecular weight excluding hydrogens is 337 g/mol. The van der Waals surface area contributed by atoms with Crippen molar-refractivity contribution in [2.24, 2.45) is 0 Å². The predicted octanol–water partition coefficient (Wildman–Crippen LogP) is 4.47. The van der Waals surface area contributed by atoms with Crippen LogP contribution in [-0.4, -0.2) is 5.16 Å². The Kier molecular flexibility index (Phi) is 4.01. The van der Waals surface area contributed by atoms with Crippen LogP contribution in [0.15, 0.2) is 68.3 Å². The Morgan fingerprint density at radius 3 is 2.65 bits per heavy atom. The molecule has 5 nitrogen and oxygen atoms in total. The molecule has 0 saturated carbocycles. The third-order valence-electron chi connectivity index (χ3n) is 4.10. The van der Waals surface area contributed by atoms with Gasteiger partial charge in [-0.15, -0.1) is 0 Å². The van der Waals surface area contributed by atoms with E-state index in [1.54, 1.807) is 30.3 Å². The van der Waals surface area contributed by atoms with Gasteiger partial charge in [-0.3, -0.25) is 0 Å². The molecule has 0 N–H and O–H groups in total. The molecule has 0 aliphatic carbocycles. The van der Waals surface area contributed by atoms with Crippen LogP contribution < -0.4 is 10.4 Å². The van der Waals surface area contributed by atoms with E-state index in [2.05, 4.69) is 5.16 Å². The van der Waals surface area contributed by atoms with Crippen LogP contribution in [0.3, 0.4) is 0 Å². The average Bonchev–Trinajstić information content (AvgIpc) is 3.01. The van der Waals surface area contributed by atoms with Crippen LogP contribution in [0.25, 0.3) is 22.3 Å². The Labute approximate surface area is 147 Å². The van der Waals surface area contributed by atoms with Gasteiger partial charge in [-0.1, -0.05) is 5.16 Å².